The third-order valence-electron chi connectivity index (χ3n) is 7.01. The summed E-state index contributed by atoms with van der Waals surface area (Å²) >= 11 is 0. The van der Waals surface area contributed by atoms with E-state index in [9.17, 15) is 4.39 Å². The quantitative estimate of drug-likeness (QED) is 0.571. The van der Waals surface area contributed by atoms with Crippen LogP contribution in [0.5, 0.6) is 0 Å². The lowest BCUT2D eigenvalue weighted by molar-refractivity contribution is 0.0657. The van der Waals surface area contributed by atoms with Crippen LogP contribution in [-0.4, -0.2) is 14.0 Å². The van der Waals surface area contributed by atoms with Crippen LogP contribution in [0.25, 0.3) is 0 Å². The average molecular weight is 290 g/mol. The summed E-state index contributed by atoms with van der Waals surface area (Å²) in [5.41, 5.74) is 0. The normalized spacial score (nSPS) is 49.0. The van der Waals surface area contributed by atoms with Crippen molar-refractivity contribution in [1.29, 1.82) is 0 Å². The predicted molar refractivity (Wildman–Crippen MR) is 88.3 cm³/mol. The molecule has 118 valence electrons. The van der Waals surface area contributed by atoms with Gasteiger partial charge in [-0.25, -0.2) is 4.39 Å². The molecule has 3 fully saturated rings. The highest BCUT2D eigenvalue weighted by Crippen LogP contribution is 2.46. The van der Waals surface area contributed by atoms with Crippen molar-refractivity contribution in [3.05, 3.63) is 0 Å². The zero-order valence-corrected chi connectivity index (χ0v) is 13.8. The topological polar surface area (TPSA) is 0 Å². The molecule has 3 aliphatic carbocycles. The molecule has 2 radical (unpaired) electrons. The lowest BCUT2D eigenvalue weighted by Gasteiger charge is -2.42. The molecule has 0 saturated heterocycles. The number of alkyl halides is 1. The van der Waals surface area contributed by atoms with Gasteiger partial charge in [-0.2, -0.15) is 0 Å². The summed E-state index contributed by atoms with van der Waals surface area (Å²) in [6, 6.07) is 0. The highest BCUT2D eigenvalue weighted by molar-refractivity contribution is 6.11. The second-order valence-corrected chi connectivity index (χ2v) is 8.45. The van der Waals surface area contributed by atoms with E-state index in [0.29, 0.717) is 18.3 Å². The standard InChI is InChI=1S/C19H32BF/c1-13-2-4-14(5-3-13)15-6-8-16(9-7-15)18-11-10-17(20)12-19(18)21/h13-19H,2-12H2,1H3. The molecular formula is C19H32BF. The predicted octanol–water partition coefficient (Wildman–Crippen LogP) is 5.71. The summed E-state index contributed by atoms with van der Waals surface area (Å²) < 4.78 is 14.3. The molecule has 0 aromatic carbocycles. The Balaban J connectivity index is 1.46. The molecule has 0 amide bonds. The van der Waals surface area contributed by atoms with Crippen LogP contribution >= 0.6 is 0 Å². The molecule has 21 heavy (non-hydrogen) atoms. The second kappa shape index (κ2) is 7.05. The van der Waals surface area contributed by atoms with Crippen LogP contribution in [0.4, 0.5) is 4.39 Å². The summed E-state index contributed by atoms with van der Waals surface area (Å²) in [6.07, 6.45) is 13.2. The van der Waals surface area contributed by atoms with Crippen molar-refractivity contribution < 1.29 is 4.39 Å². The molecule has 3 aliphatic rings. The molecule has 3 rings (SSSR count). The lowest BCUT2D eigenvalue weighted by atomic mass is 9.63. The minimum absolute atomic E-state index is 0.122. The molecule has 2 heteroatoms. The van der Waals surface area contributed by atoms with E-state index in [2.05, 4.69) is 6.92 Å². The van der Waals surface area contributed by atoms with Gasteiger partial charge in [0.15, 0.2) is 0 Å². The zero-order valence-electron chi connectivity index (χ0n) is 13.8. The Labute approximate surface area is 132 Å². The number of hydrogen-bond acceptors (Lipinski definition) is 0. The van der Waals surface area contributed by atoms with Crippen LogP contribution < -0.4 is 0 Å². The van der Waals surface area contributed by atoms with Gasteiger partial charge in [-0.05, 0) is 81.0 Å². The fourth-order valence-electron chi connectivity index (χ4n) is 5.50. The van der Waals surface area contributed by atoms with Crippen molar-refractivity contribution >= 4 is 7.85 Å². The summed E-state index contributed by atoms with van der Waals surface area (Å²) in [5, 5.41) is 0. The molecular weight excluding hydrogens is 258 g/mol. The number of halogens is 1. The average Bonchev–Trinajstić information content (AvgIpc) is 2.48. The van der Waals surface area contributed by atoms with Gasteiger partial charge in [0.2, 0.25) is 0 Å². The van der Waals surface area contributed by atoms with Gasteiger partial charge in [0.25, 0.3) is 0 Å². The van der Waals surface area contributed by atoms with E-state index in [1.165, 1.54) is 51.4 Å². The summed E-state index contributed by atoms with van der Waals surface area (Å²) in [7, 11) is 5.91. The van der Waals surface area contributed by atoms with Crippen molar-refractivity contribution in [3.63, 3.8) is 0 Å². The SMILES string of the molecule is [B]C1CCC(C2CCC(C3CCC(C)CC3)CC2)C(F)C1. The fourth-order valence-corrected chi connectivity index (χ4v) is 5.50. The maximum Gasteiger partial charge on any atom is 0.103 e. The Hall–Kier alpha value is -0.00506. The first-order valence-corrected chi connectivity index (χ1v) is 9.53. The maximum absolute atomic E-state index is 14.3. The molecule has 0 aromatic rings. The lowest BCUT2D eigenvalue weighted by Crippen LogP contribution is -2.34. The first-order chi connectivity index (χ1) is 10.1. The Kier molecular flexibility index (Phi) is 5.33. The van der Waals surface area contributed by atoms with Gasteiger partial charge in [0, 0.05) is 0 Å². The molecule has 0 heterocycles. The van der Waals surface area contributed by atoms with Gasteiger partial charge in [-0.3, -0.25) is 0 Å². The van der Waals surface area contributed by atoms with E-state index in [4.69, 9.17) is 7.85 Å². The highest BCUT2D eigenvalue weighted by Gasteiger charge is 2.37. The maximum atomic E-state index is 14.3. The first-order valence-electron chi connectivity index (χ1n) is 9.53. The Bertz CT molecular complexity index is 316. The van der Waals surface area contributed by atoms with Crippen molar-refractivity contribution in [2.75, 3.05) is 0 Å². The monoisotopic (exact) mass is 290 g/mol. The Morgan fingerprint density at radius 1 is 0.714 bits per heavy atom. The third-order valence-corrected chi connectivity index (χ3v) is 7.01. The summed E-state index contributed by atoms with van der Waals surface area (Å²) in [4.78, 5) is 0. The van der Waals surface area contributed by atoms with E-state index in [1.807, 2.05) is 0 Å². The molecule has 3 unspecified atom stereocenters. The smallest absolute Gasteiger partial charge is 0.103 e. The van der Waals surface area contributed by atoms with E-state index < -0.39 is 6.17 Å². The molecule has 3 saturated carbocycles. The van der Waals surface area contributed by atoms with Gasteiger partial charge in [-0.15, -0.1) is 0 Å². The van der Waals surface area contributed by atoms with Crippen LogP contribution in [0.1, 0.15) is 77.6 Å². The minimum atomic E-state index is -0.620. The second-order valence-electron chi connectivity index (χ2n) is 8.45. The van der Waals surface area contributed by atoms with Crippen LogP contribution in [0.15, 0.2) is 0 Å². The first kappa shape index (κ1) is 15.9. The van der Waals surface area contributed by atoms with Gasteiger partial charge in [0.05, 0.1) is 7.85 Å². The highest BCUT2D eigenvalue weighted by atomic mass is 19.1. The fraction of sp³-hybridized carbons (Fsp3) is 1.00. The minimum Gasteiger partial charge on any atom is -0.247 e. The summed E-state index contributed by atoms with van der Waals surface area (Å²) in [6.45, 7) is 2.41. The molecule has 0 spiro atoms. The van der Waals surface area contributed by atoms with E-state index in [1.54, 1.807) is 0 Å². The molecule has 0 aromatic heterocycles. The van der Waals surface area contributed by atoms with Crippen molar-refractivity contribution in [2.45, 2.75) is 89.5 Å². The van der Waals surface area contributed by atoms with Gasteiger partial charge in [0.1, 0.15) is 6.17 Å². The van der Waals surface area contributed by atoms with E-state index >= 15 is 0 Å². The zero-order chi connectivity index (χ0) is 14.8. The largest absolute Gasteiger partial charge is 0.247 e. The molecule has 0 aliphatic heterocycles. The van der Waals surface area contributed by atoms with Crippen LogP contribution in [0.2, 0.25) is 5.82 Å². The molecule has 0 bridgehead atoms. The molecule has 3 atom stereocenters. The Morgan fingerprint density at radius 3 is 1.81 bits per heavy atom. The van der Waals surface area contributed by atoms with Gasteiger partial charge < -0.3 is 0 Å². The van der Waals surface area contributed by atoms with E-state index in [-0.39, 0.29) is 5.82 Å². The van der Waals surface area contributed by atoms with Crippen LogP contribution in [0, 0.1) is 29.6 Å². The van der Waals surface area contributed by atoms with Crippen LogP contribution in [0.3, 0.4) is 0 Å². The summed E-state index contributed by atoms with van der Waals surface area (Å²) in [5.74, 6) is 4.01. The van der Waals surface area contributed by atoms with E-state index in [0.717, 1.165) is 30.6 Å². The van der Waals surface area contributed by atoms with Crippen molar-refractivity contribution in [3.8, 4) is 0 Å². The van der Waals surface area contributed by atoms with Crippen LogP contribution in [-0.2, 0) is 0 Å². The van der Waals surface area contributed by atoms with Gasteiger partial charge in [-0.1, -0.05) is 32.0 Å². The van der Waals surface area contributed by atoms with Gasteiger partial charge >= 0.3 is 0 Å². The number of rotatable bonds is 2. The molecule has 0 N–H and O–H groups in total. The van der Waals surface area contributed by atoms with Crippen molar-refractivity contribution in [1.82, 2.24) is 0 Å². The number of hydrogen-bond donors (Lipinski definition) is 0. The Morgan fingerprint density at radius 2 is 1.24 bits per heavy atom. The van der Waals surface area contributed by atoms with Crippen molar-refractivity contribution in [2.24, 2.45) is 29.6 Å². The molecule has 0 nitrogen and oxygen atoms in total. The third kappa shape index (κ3) is 3.85.